The number of halogens is 4. The van der Waals surface area contributed by atoms with Crippen molar-refractivity contribution in [3.63, 3.8) is 0 Å². The van der Waals surface area contributed by atoms with E-state index in [0.29, 0.717) is 48.8 Å². The highest BCUT2D eigenvalue weighted by atomic mass is 19.2. The first-order chi connectivity index (χ1) is 18.4. The van der Waals surface area contributed by atoms with Crippen molar-refractivity contribution in [3.05, 3.63) is 76.9 Å². The van der Waals surface area contributed by atoms with Gasteiger partial charge in [-0.3, -0.25) is 0 Å². The van der Waals surface area contributed by atoms with Gasteiger partial charge >= 0.3 is 0 Å². The molecule has 0 atom stereocenters. The summed E-state index contributed by atoms with van der Waals surface area (Å²) in [5.41, 5.74) is 1.20. The number of benzene rings is 2. The lowest BCUT2D eigenvalue weighted by Crippen LogP contribution is -2.22. The molecule has 0 bridgehead atoms. The van der Waals surface area contributed by atoms with Gasteiger partial charge in [0.1, 0.15) is 0 Å². The third kappa shape index (κ3) is 6.62. The number of hydrogen-bond acceptors (Lipinski definition) is 2. The molecule has 2 nitrogen and oxygen atoms in total. The molecule has 2 fully saturated rings. The van der Waals surface area contributed by atoms with Crippen molar-refractivity contribution < 1.29 is 27.0 Å². The van der Waals surface area contributed by atoms with Crippen molar-refractivity contribution in [1.29, 1.82) is 0 Å². The van der Waals surface area contributed by atoms with Crippen LogP contribution in [0.25, 0.3) is 0 Å². The van der Waals surface area contributed by atoms with Gasteiger partial charge in [0.05, 0.1) is 12.7 Å². The Bertz CT molecular complexity index is 1070. The monoisotopic (exact) mass is 532 g/mol. The van der Waals surface area contributed by atoms with Crippen LogP contribution in [-0.2, 0) is 4.74 Å². The minimum absolute atomic E-state index is 0.0157. The molecule has 0 unspecified atom stereocenters. The van der Waals surface area contributed by atoms with Crippen molar-refractivity contribution >= 4 is 0 Å². The zero-order valence-electron chi connectivity index (χ0n) is 22.4. The van der Waals surface area contributed by atoms with Gasteiger partial charge in [0.25, 0.3) is 0 Å². The van der Waals surface area contributed by atoms with E-state index in [-0.39, 0.29) is 36.2 Å². The minimum atomic E-state index is -0.973. The largest absolute Gasteiger partial charge is 0.490 e. The lowest BCUT2D eigenvalue weighted by molar-refractivity contribution is 0.0230. The van der Waals surface area contributed by atoms with E-state index < -0.39 is 23.3 Å². The molecule has 2 aromatic carbocycles. The van der Waals surface area contributed by atoms with E-state index in [4.69, 9.17) is 9.47 Å². The van der Waals surface area contributed by atoms with Crippen LogP contribution in [0.15, 0.2) is 36.9 Å². The normalized spacial score (nSPS) is 23.8. The number of unbranched alkanes of at least 4 members (excludes halogenated alkanes) is 1. The molecule has 0 N–H and O–H groups in total. The average molecular weight is 533 g/mol. The highest BCUT2D eigenvalue weighted by Crippen LogP contribution is 2.44. The summed E-state index contributed by atoms with van der Waals surface area (Å²) in [6, 6.07) is 6.58. The molecule has 6 heteroatoms. The van der Waals surface area contributed by atoms with Crippen LogP contribution in [0.2, 0.25) is 0 Å². The first kappa shape index (κ1) is 28.7. The van der Waals surface area contributed by atoms with E-state index in [9.17, 15) is 8.78 Å². The van der Waals surface area contributed by atoms with Crippen LogP contribution in [0.1, 0.15) is 112 Å². The summed E-state index contributed by atoms with van der Waals surface area (Å²) in [6.07, 6.45) is 10.3. The van der Waals surface area contributed by atoms with Gasteiger partial charge < -0.3 is 9.47 Å². The second-order valence-electron chi connectivity index (χ2n) is 10.8. The van der Waals surface area contributed by atoms with Gasteiger partial charge in [0.2, 0.25) is 5.82 Å². The molecule has 0 heterocycles. The molecule has 0 saturated heterocycles. The molecule has 2 aromatic rings. The van der Waals surface area contributed by atoms with E-state index in [1.807, 2.05) is 0 Å². The Morgan fingerprint density at radius 3 is 1.68 bits per heavy atom. The molecule has 2 aliphatic carbocycles. The molecule has 4 rings (SSSR count). The SMILES string of the molecule is C=CCCOc1ccc(C2CCC(c3ccc(C4CCC(OCCCC)CC4)c(F)c3F)CC2)c(F)c1F. The Morgan fingerprint density at radius 2 is 1.18 bits per heavy atom. The molecule has 0 aromatic heterocycles. The Morgan fingerprint density at radius 1 is 0.711 bits per heavy atom. The second-order valence-corrected chi connectivity index (χ2v) is 10.8. The van der Waals surface area contributed by atoms with Gasteiger partial charge in [-0.2, -0.15) is 4.39 Å². The summed E-state index contributed by atoms with van der Waals surface area (Å²) >= 11 is 0. The molecule has 2 saturated carbocycles. The number of hydrogen-bond donors (Lipinski definition) is 0. The van der Waals surface area contributed by atoms with E-state index >= 15 is 8.78 Å². The standard InChI is InChI=1S/C32H40F4O2/c1-3-5-19-37-24-13-11-23(12-14-24)26-16-15-25(29(33)30(26)34)21-7-9-22(10-8-21)27-17-18-28(32(36)31(27)35)38-20-6-4-2/h4,15-18,21-24H,2-3,5-14,19-20H2,1H3. The Balaban J connectivity index is 1.36. The van der Waals surface area contributed by atoms with Crippen molar-refractivity contribution in [2.45, 2.75) is 101 Å². The molecule has 0 spiro atoms. The average Bonchev–Trinajstić information content (AvgIpc) is 2.94. The van der Waals surface area contributed by atoms with E-state index in [0.717, 1.165) is 45.1 Å². The first-order valence-electron chi connectivity index (χ1n) is 14.3. The Labute approximate surface area is 224 Å². The summed E-state index contributed by atoms with van der Waals surface area (Å²) in [5.74, 6) is -3.70. The zero-order valence-corrected chi connectivity index (χ0v) is 22.4. The quantitative estimate of drug-likeness (QED) is 0.163. The van der Waals surface area contributed by atoms with Crippen LogP contribution >= 0.6 is 0 Å². The molecule has 0 radical (unpaired) electrons. The lowest BCUT2D eigenvalue weighted by Gasteiger charge is -2.31. The minimum Gasteiger partial charge on any atom is -0.490 e. The second kappa shape index (κ2) is 13.6. The van der Waals surface area contributed by atoms with E-state index in [1.54, 1.807) is 24.3 Å². The maximum Gasteiger partial charge on any atom is 0.200 e. The fourth-order valence-electron chi connectivity index (χ4n) is 6.09. The maximum absolute atomic E-state index is 15.3. The third-order valence-corrected chi connectivity index (χ3v) is 8.37. The molecule has 38 heavy (non-hydrogen) atoms. The highest BCUT2D eigenvalue weighted by molar-refractivity contribution is 5.35. The topological polar surface area (TPSA) is 18.5 Å². The van der Waals surface area contributed by atoms with Crippen molar-refractivity contribution in [2.75, 3.05) is 13.2 Å². The van der Waals surface area contributed by atoms with E-state index in [1.165, 1.54) is 6.07 Å². The summed E-state index contributed by atoms with van der Waals surface area (Å²) in [4.78, 5) is 0. The smallest absolute Gasteiger partial charge is 0.200 e. The van der Waals surface area contributed by atoms with Crippen molar-refractivity contribution in [1.82, 2.24) is 0 Å². The fraction of sp³-hybridized carbons (Fsp3) is 0.562. The van der Waals surface area contributed by atoms with E-state index in [2.05, 4.69) is 13.5 Å². The van der Waals surface area contributed by atoms with Gasteiger partial charge in [-0.15, -0.1) is 6.58 Å². The lowest BCUT2D eigenvalue weighted by atomic mass is 9.75. The molecule has 208 valence electrons. The van der Waals surface area contributed by atoms with Crippen LogP contribution in [0, 0.1) is 23.3 Å². The number of ether oxygens (including phenoxy) is 2. The zero-order chi connectivity index (χ0) is 27.1. The Kier molecular flexibility index (Phi) is 10.3. The summed E-state index contributed by atoms with van der Waals surface area (Å²) in [5, 5.41) is 0. The van der Waals surface area contributed by atoms with Crippen LogP contribution in [-0.4, -0.2) is 19.3 Å². The third-order valence-electron chi connectivity index (χ3n) is 8.37. The predicted octanol–water partition coefficient (Wildman–Crippen LogP) is 9.48. The molecule has 2 aliphatic rings. The summed E-state index contributed by atoms with van der Waals surface area (Å²) in [6.45, 7) is 6.72. The highest BCUT2D eigenvalue weighted by Gasteiger charge is 2.31. The van der Waals surface area contributed by atoms with Gasteiger partial charge in [0.15, 0.2) is 23.2 Å². The van der Waals surface area contributed by atoms with Crippen LogP contribution < -0.4 is 4.74 Å². The summed E-state index contributed by atoms with van der Waals surface area (Å²) in [7, 11) is 0. The van der Waals surface area contributed by atoms with Gasteiger partial charge in [-0.1, -0.05) is 37.6 Å². The molecule has 0 amide bonds. The van der Waals surface area contributed by atoms with Gasteiger partial charge in [0, 0.05) is 6.61 Å². The van der Waals surface area contributed by atoms with Gasteiger partial charge in [-0.25, -0.2) is 13.2 Å². The number of rotatable bonds is 11. The van der Waals surface area contributed by atoms with Crippen molar-refractivity contribution in [3.8, 4) is 5.75 Å². The first-order valence-corrected chi connectivity index (χ1v) is 14.3. The summed E-state index contributed by atoms with van der Waals surface area (Å²) < 4.78 is 71.1. The van der Waals surface area contributed by atoms with Gasteiger partial charge in [-0.05, 0) is 105 Å². The van der Waals surface area contributed by atoms with Crippen LogP contribution in [0.5, 0.6) is 5.75 Å². The molecule has 0 aliphatic heterocycles. The Hall–Kier alpha value is -2.34. The fourth-order valence-corrected chi connectivity index (χ4v) is 6.09. The predicted molar refractivity (Wildman–Crippen MR) is 143 cm³/mol. The maximum atomic E-state index is 15.3. The van der Waals surface area contributed by atoms with Crippen LogP contribution in [0.4, 0.5) is 17.6 Å². The molecular weight excluding hydrogens is 492 g/mol. The molecular formula is C32H40F4O2. The van der Waals surface area contributed by atoms with Crippen LogP contribution in [0.3, 0.4) is 0 Å². The van der Waals surface area contributed by atoms with Crippen molar-refractivity contribution in [2.24, 2.45) is 0 Å².